The molecule has 3 nitrogen and oxygen atoms in total. The van der Waals surface area contributed by atoms with Crippen molar-refractivity contribution in [2.24, 2.45) is 5.92 Å². The molecule has 102 valence electrons. The Bertz CT molecular complexity index is 464. The second kappa shape index (κ2) is 6.70. The molecule has 1 aliphatic rings. The Morgan fingerprint density at radius 3 is 2.84 bits per heavy atom. The Balaban J connectivity index is 1.96. The maximum Gasteiger partial charge on any atom is 0.0991 e. The van der Waals surface area contributed by atoms with Crippen molar-refractivity contribution in [2.75, 3.05) is 6.61 Å². The van der Waals surface area contributed by atoms with E-state index >= 15 is 0 Å². The first-order valence-electron chi connectivity index (χ1n) is 7.08. The van der Waals surface area contributed by atoms with Gasteiger partial charge in [0.2, 0.25) is 0 Å². The summed E-state index contributed by atoms with van der Waals surface area (Å²) >= 11 is 0. The van der Waals surface area contributed by atoms with Crippen molar-refractivity contribution >= 4 is 0 Å². The lowest BCUT2D eigenvalue weighted by Crippen LogP contribution is -2.39. The minimum atomic E-state index is 0.282. The van der Waals surface area contributed by atoms with Gasteiger partial charge in [0.15, 0.2) is 0 Å². The number of benzene rings is 1. The van der Waals surface area contributed by atoms with E-state index < -0.39 is 0 Å². The van der Waals surface area contributed by atoms with Gasteiger partial charge in [0.1, 0.15) is 0 Å². The molecule has 1 aromatic rings. The SMILES string of the molecule is Cc1cc(C#N)ccc1CNC1CCCCC1CO. The smallest absolute Gasteiger partial charge is 0.0991 e. The summed E-state index contributed by atoms with van der Waals surface area (Å²) < 4.78 is 0. The van der Waals surface area contributed by atoms with Crippen LogP contribution >= 0.6 is 0 Å². The summed E-state index contributed by atoms with van der Waals surface area (Å²) in [6.07, 6.45) is 4.76. The number of nitrogens with one attached hydrogen (secondary N) is 1. The van der Waals surface area contributed by atoms with E-state index in [1.165, 1.54) is 18.4 Å². The van der Waals surface area contributed by atoms with Crippen molar-refractivity contribution in [1.29, 1.82) is 5.26 Å². The Labute approximate surface area is 115 Å². The van der Waals surface area contributed by atoms with Crippen molar-refractivity contribution in [2.45, 2.75) is 45.2 Å². The van der Waals surface area contributed by atoms with Crippen LogP contribution in [0.2, 0.25) is 0 Å². The van der Waals surface area contributed by atoms with Gasteiger partial charge in [-0.05, 0) is 48.9 Å². The number of aliphatic hydroxyl groups excluding tert-OH is 1. The summed E-state index contributed by atoms with van der Waals surface area (Å²) in [5.41, 5.74) is 3.11. The quantitative estimate of drug-likeness (QED) is 0.872. The van der Waals surface area contributed by atoms with Crippen LogP contribution in [0.4, 0.5) is 0 Å². The Morgan fingerprint density at radius 2 is 2.16 bits per heavy atom. The van der Waals surface area contributed by atoms with Gasteiger partial charge in [0.25, 0.3) is 0 Å². The van der Waals surface area contributed by atoms with Crippen LogP contribution in [0.25, 0.3) is 0 Å². The molecule has 2 N–H and O–H groups in total. The molecule has 1 aliphatic carbocycles. The van der Waals surface area contributed by atoms with E-state index in [9.17, 15) is 5.11 Å². The maximum absolute atomic E-state index is 9.41. The number of aryl methyl sites for hydroxylation is 1. The standard InChI is InChI=1S/C16H22N2O/c1-12-8-13(9-17)6-7-14(12)10-18-16-5-3-2-4-15(16)11-19/h6-8,15-16,18-19H,2-5,10-11H2,1H3. The summed E-state index contributed by atoms with van der Waals surface area (Å²) in [7, 11) is 0. The minimum Gasteiger partial charge on any atom is -0.396 e. The van der Waals surface area contributed by atoms with Gasteiger partial charge in [-0.25, -0.2) is 0 Å². The number of hydrogen-bond acceptors (Lipinski definition) is 3. The monoisotopic (exact) mass is 258 g/mol. The summed E-state index contributed by atoms with van der Waals surface area (Å²) in [6.45, 7) is 3.14. The number of aliphatic hydroxyl groups is 1. The second-order valence-electron chi connectivity index (χ2n) is 5.47. The number of nitriles is 1. The highest BCUT2D eigenvalue weighted by molar-refractivity contribution is 5.37. The molecule has 1 aromatic carbocycles. The zero-order valence-corrected chi connectivity index (χ0v) is 11.5. The molecule has 2 atom stereocenters. The van der Waals surface area contributed by atoms with E-state index in [-0.39, 0.29) is 6.61 Å². The summed E-state index contributed by atoms with van der Waals surface area (Å²) in [6, 6.07) is 8.41. The predicted octanol–water partition coefficient (Wildman–Crippen LogP) is 2.51. The average Bonchev–Trinajstić information content (AvgIpc) is 2.46. The molecule has 0 amide bonds. The fraction of sp³-hybridized carbons (Fsp3) is 0.562. The van der Waals surface area contributed by atoms with Crippen LogP contribution in [0.15, 0.2) is 18.2 Å². The van der Waals surface area contributed by atoms with Gasteiger partial charge in [-0.15, -0.1) is 0 Å². The molecule has 1 saturated carbocycles. The molecule has 0 aromatic heterocycles. The largest absolute Gasteiger partial charge is 0.396 e. The highest BCUT2D eigenvalue weighted by atomic mass is 16.3. The van der Waals surface area contributed by atoms with E-state index in [2.05, 4.69) is 11.4 Å². The molecule has 0 aliphatic heterocycles. The molecule has 2 rings (SSSR count). The third-order valence-corrected chi connectivity index (χ3v) is 4.17. The first-order valence-corrected chi connectivity index (χ1v) is 7.08. The minimum absolute atomic E-state index is 0.282. The second-order valence-corrected chi connectivity index (χ2v) is 5.47. The fourth-order valence-electron chi connectivity index (χ4n) is 2.90. The Kier molecular flexibility index (Phi) is 4.95. The predicted molar refractivity (Wildman–Crippen MR) is 75.6 cm³/mol. The number of hydrogen-bond donors (Lipinski definition) is 2. The average molecular weight is 258 g/mol. The third-order valence-electron chi connectivity index (χ3n) is 4.17. The first kappa shape index (κ1) is 14.0. The van der Waals surface area contributed by atoms with Crippen molar-refractivity contribution < 1.29 is 5.11 Å². The summed E-state index contributed by atoms with van der Waals surface area (Å²) in [5, 5.41) is 21.8. The zero-order valence-electron chi connectivity index (χ0n) is 11.5. The molecule has 3 heteroatoms. The summed E-state index contributed by atoms with van der Waals surface area (Å²) in [5.74, 6) is 0.396. The lowest BCUT2D eigenvalue weighted by atomic mass is 9.85. The van der Waals surface area contributed by atoms with E-state index in [1.807, 2.05) is 25.1 Å². The lowest BCUT2D eigenvalue weighted by Gasteiger charge is -2.31. The molecule has 0 heterocycles. The van der Waals surface area contributed by atoms with Gasteiger partial charge in [-0.3, -0.25) is 0 Å². The first-order chi connectivity index (χ1) is 9.24. The molecular weight excluding hydrogens is 236 g/mol. The van der Waals surface area contributed by atoms with Crippen LogP contribution < -0.4 is 5.32 Å². The Morgan fingerprint density at radius 1 is 1.37 bits per heavy atom. The van der Waals surface area contributed by atoms with Crippen LogP contribution in [-0.2, 0) is 6.54 Å². The van der Waals surface area contributed by atoms with Gasteiger partial charge in [0.05, 0.1) is 11.6 Å². The van der Waals surface area contributed by atoms with E-state index in [0.717, 1.165) is 24.9 Å². The van der Waals surface area contributed by atoms with Gasteiger partial charge in [-0.1, -0.05) is 18.9 Å². The van der Waals surface area contributed by atoms with E-state index in [1.54, 1.807) is 0 Å². The van der Waals surface area contributed by atoms with Crippen LogP contribution in [0.3, 0.4) is 0 Å². The van der Waals surface area contributed by atoms with Crippen LogP contribution in [0, 0.1) is 24.2 Å². The fourth-order valence-corrected chi connectivity index (χ4v) is 2.90. The maximum atomic E-state index is 9.41. The highest BCUT2D eigenvalue weighted by Gasteiger charge is 2.23. The number of rotatable bonds is 4. The zero-order chi connectivity index (χ0) is 13.7. The molecule has 2 unspecified atom stereocenters. The van der Waals surface area contributed by atoms with Crippen LogP contribution in [0.1, 0.15) is 42.4 Å². The van der Waals surface area contributed by atoms with Crippen LogP contribution in [-0.4, -0.2) is 17.8 Å². The van der Waals surface area contributed by atoms with Crippen molar-refractivity contribution in [1.82, 2.24) is 5.32 Å². The summed E-state index contributed by atoms with van der Waals surface area (Å²) in [4.78, 5) is 0. The molecule has 0 bridgehead atoms. The molecule has 1 fully saturated rings. The van der Waals surface area contributed by atoms with E-state index in [4.69, 9.17) is 5.26 Å². The van der Waals surface area contributed by atoms with Crippen molar-refractivity contribution in [3.63, 3.8) is 0 Å². The van der Waals surface area contributed by atoms with Gasteiger partial charge in [-0.2, -0.15) is 5.26 Å². The van der Waals surface area contributed by atoms with Gasteiger partial charge >= 0.3 is 0 Å². The highest BCUT2D eigenvalue weighted by Crippen LogP contribution is 2.24. The lowest BCUT2D eigenvalue weighted by molar-refractivity contribution is 0.152. The van der Waals surface area contributed by atoms with Crippen molar-refractivity contribution in [3.8, 4) is 6.07 Å². The topological polar surface area (TPSA) is 56.0 Å². The van der Waals surface area contributed by atoms with Crippen LogP contribution in [0.5, 0.6) is 0 Å². The molecule has 19 heavy (non-hydrogen) atoms. The molecule has 0 radical (unpaired) electrons. The Hall–Kier alpha value is -1.37. The van der Waals surface area contributed by atoms with Crippen molar-refractivity contribution in [3.05, 3.63) is 34.9 Å². The van der Waals surface area contributed by atoms with Gasteiger partial charge in [0, 0.05) is 19.2 Å². The van der Waals surface area contributed by atoms with E-state index in [0.29, 0.717) is 17.5 Å². The molecule has 0 saturated heterocycles. The number of nitrogens with zero attached hydrogens (tertiary/aromatic N) is 1. The molecular formula is C16H22N2O. The normalized spacial score (nSPS) is 23.0. The van der Waals surface area contributed by atoms with Gasteiger partial charge < -0.3 is 10.4 Å². The molecule has 0 spiro atoms. The third kappa shape index (κ3) is 3.56.